The summed E-state index contributed by atoms with van der Waals surface area (Å²) in [5, 5.41) is 1.44. The van der Waals surface area contributed by atoms with Crippen LogP contribution in [0.4, 0.5) is 5.13 Å². The number of carbonyl (C=O) groups excluding carboxylic acids is 1. The smallest absolute Gasteiger partial charge is 0.297 e. The van der Waals surface area contributed by atoms with E-state index in [-0.39, 0.29) is 16.8 Å². The van der Waals surface area contributed by atoms with Gasteiger partial charge < -0.3 is 8.83 Å². The molecule has 2 aromatic carbocycles. The number of rotatable bonds is 2. The molecular weight excluding hydrogens is 424 g/mol. The number of benzene rings is 2. The van der Waals surface area contributed by atoms with Gasteiger partial charge in [0.15, 0.2) is 10.6 Å². The predicted octanol–water partition coefficient (Wildman–Crippen LogP) is 5.40. The molecule has 0 saturated heterocycles. The van der Waals surface area contributed by atoms with Crippen LogP contribution in [0.5, 0.6) is 0 Å². The number of furan rings is 1. The molecule has 4 heterocycles. The molecule has 6 nitrogen and oxygen atoms in total. The van der Waals surface area contributed by atoms with Gasteiger partial charge in [0.1, 0.15) is 17.4 Å². The third-order valence-electron chi connectivity index (χ3n) is 5.14. The maximum absolute atomic E-state index is 13.4. The number of amides is 1. The monoisotopic (exact) mass is 434 g/mol. The molecule has 1 aliphatic heterocycles. The third-order valence-corrected chi connectivity index (χ3v) is 6.39. The molecule has 0 spiro atoms. The lowest BCUT2D eigenvalue weighted by Gasteiger charge is -2.19. The topological polar surface area (TPSA) is 76.6 Å². The fraction of sp³-hybridized carbons (Fsp3) is 0.0455. The van der Waals surface area contributed by atoms with Crippen molar-refractivity contribution in [3.05, 3.63) is 93.2 Å². The Morgan fingerprint density at radius 1 is 1.07 bits per heavy atom. The first-order valence-electron chi connectivity index (χ1n) is 9.10. The van der Waals surface area contributed by atoms with Crippen molar-refractivity contribution < 1.29 is 13.6 Å². The van der Waals surface area contributed by atoms with E-state index in [2.05, 4.69) is 4.98 Å². The van der Waals surface area contributed by atoms with Crippen LogP contribution >= 0.6 is 22.9 Å². The largest absolute Gasteiger partial charge is 0.467 e. The molecule has 6 rings (SSSR count). The summed E-state index contributed by atoms with van der Waals surface area (Å²) in [6.07, 6.45) is 1.51. The zero-order valence-corrected chi connectivity index (χ0v) is 16.7. The number of hydrogen-bond donors (Lipinski definition) is 0. The van der Waals surface area contributed by atoms with E-state index in [1.54, 1.807) is 54.6 Å². The Morgan fingerprint density at radius 3 is 2.77 bits per heavy atom. The van der Waals surface area contributed by atoms with E-state index in [1.165, 1.54) is 22.5 Å². The third kappa shape index (κ3) is 2.39. The SMILES string of the molecule is O=C1c2oc3ccccc3c(=O)c2C(c2ccco2)N1c1nc2ccc(Cl)cc2s1. The second kappa shape index (κ2) is 6.29. The van der Waals surface area contributed by atoms with E-state index in [4.69, 9.17) is 20.4 Å². The lowest BCUT2D eigenvalue weighted by Crippen LogP contribution is -2.29. The van der Waals surface area contributed by atoms with Gasteiger partial charge in [0.05, 0.1) is 27.4 Å². The normalized spacial score (nSPS) is 16.0. The number of hydrogen-bond acceptors (Lipinski definition) is 6. The number of thiazole rings is 1. The highest BCUT2D eigenvalue weighted by Gasteiger charge is 2.46. The number of nitrogens with zero attached hydrogens (tertiary/aromatic N) is 2. The summed E-state index contributed by atoms with van der Waals surface area (Å²) in [6, 6.07) is 14.9. The van der Waals surface area contributed by atoms with Crippen LogP contribution in [0, 0.1) is 0 Å². The molecular formula is C22H11ClN2O4S. The van der Waals surface area contributed by atoms with Crippen LogP contribution in [0.2, 0.25) is 5.02 Å². The minimum absolute atomic E-state index is 0.0115. The van der Waals surface area contributed by atoms with Crippen molar-refractivity contribution in [3.63, 3.8) is 0 Å². The van der Waals surface area contributed by atoms with Gasteiger partial charge in [0.25, 0.3) is 5.91 Å². The molecule has 30 heavy (non-hydrogen) atoms. The van der Waals surface area contributed by atoms with E-state index in [0.717, 1.165) is 4.70 Å². The van der Waals surface area contributed by atoms with Crippen LogP contribution in [0.25, 0.3) is 21.2 Å². The minimum Gasteiger partial charge on any atom is -0.467 e. The zero-order chi connectivity index (χ0) is 20.4. The van der Waals surface area contributed by atoms with Gasteiger partial charge in [0.2, 0.25) is 5.76 Å². The van der Waals surface area contributed by atoms with Crippen molar-refractivity contribution in [1.82, 2.24) is 4.98 Å². The highest BCUT2D eigenvalue weighted by atomic mass is 35.5. The van der Waals surface area contributed by atoms with Gasteiger partial charge in [-0.3, -0.25) is 14.5 Å². The summed E-state index contributed by atoms with van der Waals surface area (Å²) in [6.45, 7) is 0. The van der Waals surface area contributed by atoms with E-state index in [0.29, 0.717) is 32.4 Å². The highest BCUT2D eigenvalue weighted by Crippen LogP contribution is 2.43. The molecule has 8 heteroatoms. The van der Waals surface area contributed by atoms with E-state index in [9.17, 15) is 9.59 Å². The molecule has 0 bridgehead atoms. The average molecular weight is 435 g/mol. The van der Waals surface area contributed by atoms with E-state index in [1.807, 2.05) is 0 Å². The van der Waals surface area contributed by atoms with Gasteiger partial charge in [0, 0.05) is 5.02 Å². The summed E-state index contributed by atoms with van der Waals surface area (Å²) in [5.41, 5.74) is 1.08. The maximum Gasteiger partial charge on any atom is 0.297 e. The van der Waals surface area contributed by atoms with Crippen molar-refractivity contribution in [1.29, 1.82) is 0 Å². The Balaban J connectivity index is 1.64. The molecule has 1 atom stereocenters. The molecule has 0 N–H and O–H groups in total. The lowest BCUT2D eigenvalue weighted by atomic mass is 10.0. The van der Waals surface area contributed by atoms with Crippen LogP contribution in [0.1, 0.15) is 27.9 Å². The highest BCUT2D eigenvalue weighted by molar-refractivity contribution is 7.22. The number of anilines is 1. The Labute approximate surface area is 177 Å². The molecule has 1 unspecified atom stereocenters. The second-order valence-corrected chi connectivity index (χ2v) is 8.32. The van der Waals surface area contributed by atoms with Crippen LogP contribution < -0.4 is 10.3 Å². The molecule has 1 amide bonds. The first kappa shape index (κ1) is 17.4. The fourth-order valence-electron chi connectivity index (χ4n) is 3.82. The quantitative estimate of drug-likeness (QED) is 0.372. The number of para-hydroxylation sites is 1. The van der Waals surface area contributed by atoms with Gasteiger partial charge >= 0.3 is 0 Å². The van der Waals surface area contributed by atoms with Crippen molar-refractivity contribution in [2.45, 2.75) is 6.04 Å². The van der Waals surface area contributed by atoms with Gasteiger partial charge in [-0.15, -0.1) is 0 Å². The van der Waals surface area contributed by atoms with Gasteiger partial charge in [-0.25, -0.2) is 4.98 Å². The van der Waals surface area contributed by atoms with Gasteiger partial charge in [-0.2, -0.15) is 0 Å². The Morgan fingerprint density at radius 2 is 1.93 bits per heavy atom. The Bertz CT molecular complexity index is 1520. The molecule has 0 saturated carbocycles. The van der Waals surface area contributed by atoms with Crippen LogP contribution in [0.3, 0.4) is 0 Å². The summed E-state index contributed by atoms with van der Waals surface area (Å²) in [7, 11) is 0. The minimum atomic E-state index is -0.764. The molecule has 5 aromatic rings. The molecule has 0 aliphatic carbocycles. The average Bonchev–Trinajstić information content (AvgIpc) is 3.46. The molecule has 146 valence electrons. The van der Waals surface area contributed by atoms with Crippen LogP contribution in [-0.2, 0) is 0 Å². The van der Waals surface area contributed by atoms with Crippen molar-refractivity contribution in [2.24, 2.45) is 0 Å². The van der Waals surface area contributed by atoms with Crippen LogP contribution in [-0.4, -0.2) is 10.9 Å². The Kier molecular flexibility index (Phi) is 3.65. The Hall–Kier alpha value is -3.42. The predicted molar refractivity (Wildman–Crippen MR) is 114 cm³/mol. The summed E-state index contributed by atoms with van der Waals surface area (Å²) in [5.74, 6) is 0.0405. The van der Waals surface area contributed by atoms with Crippen molar-refractivity contribution in [2.75, 3.05) is 4.90 Å². The number of aromatic nitrogens is 1. The van der Waals surface area contributed by atoms with Crippen molar-refractivity contribution in [3.8, 4) is 0 Å². The molecule has 0 fully saturated rings. The van der Waals surface area contributed by atoms with E-state index >= 15 is 0 Å². The maximum atomic E-state index is 13.4. The first-order chi connectivity index (χ1) is 14.6. The molecule has 0 radical (unpaired) electrons. The molecule has 1 aliphatic rings. The van der Waals surface area contributed by atoms with Gasteiger partial charge in [-0.05, 0) is 42.5 Å². The van der Waals surface area contributed by atoms with Crippen LogP contribution in [0.15, 0.2) is 74.5 Å². The van der Waals surface area contributed by atoms with Crippen molar-refractivity contribution >= 4 is 55.2 Å². The lowest BCUT2D eigenvalue weighted by molar-refractivity contribution is 0.0969. The number of carbonyl (C=O) groups is 1. The number of halogens is 1. The standard InChI is InChI=1S/C22H11ClN2O4S/c23-11-7-8-13-16(10-11)30-22(24-13)25-18(15-6-3-9-28-15)17-19(26)12-4-1-2-5-14(12)29-20(17)21(25)27/h1-10,18H. The zero-order valence-electron chi connectivity index (χ0n) is 15.2. The molecule has 3 aromatic heterocycles. The first-order valence-corrected chi connectivity index (χ1v) is 10.3. The van der Waals surface area contributed by atoms with Gasteiger partial charge in [-0.1, -0.05) is 35.1 Å². The summed E-state index contributed by atoms with van der Waals surface area (Å²) < 4.78 is 12.3. The van der Waals surface area contributed by atoms with E-state index < -0.39 is 11.9 Å². The second-order valence-electron chi connectivity index (χ2n) is 6.87. The number of fused-ring (bicyclic) bond motifs is 3. The summed E-state index contributed by atoms with van der Waals surface area (Å²) in [4.78, 5) is 32.9. The summed E-state index contributed by atoms with van der Waals surface area (Å²) >= 11 is 7.43. The fourth-order valence-corrected chi connectivity index (χ4v) is 5.09.